The van der Waals surface area contributed by atoms with Crippen molar-refractivity contribution < 1.29 is 8.42 Å². The van der Waals surface area contributed by atoms with E-state index in [2.05, 4.69) is 0 Å². The number of nitrogens with zero attached hydrogens (tertiary/aromatic N) is 1. The third kappa shape index (κ3) is 3.18. The Bertz CT molecular complexity index is 306. The maximum atomic E-state index is 12.2. The zero-order valence-electron chi connectivity index (χ0n) is 11.2. The van der Waals surface area contributed by atoms with Crippen molar-refractivity contribution in [3.05, 3.63) is 0 Å². The van der Waals surface area contributed by atoms with Gasteiger partial charge in [-0.05, 0) is 33.1 Å². The molecule has 0 aromatic carbocycles. The Balaban J connectivity index is 5.13. The van der Waals surface area contributed by atoms with Crippen LogP contribution in [0.5, 0.6) is 0 Å². The molecule has 0 rings (SSSR count). The maximum absolute atomic E-state index is 12.2. The van der Waals surface area contributed by atoms with Crippen molar-refractivity contribution in [3.63, 3.8) is 0 Å². The molecule has 0 amide bonds. The van der Waals surface area contributed by atoms with Gasteiger partial charge in [0.1, 0.15) is 0 Å². The van der Waals surface area contributed by atoms with Crippen molar-refractivity contribution in [2.75, 3.05) is 7.05 Å². The SMILES string of the molecule is C[C@@H](N(C)S(=O)(=O)C(C)(C)C)C(C)(C)C. The fourth-order valence-corrected chi connectivity index (χ4v) is 2.78. The molecule has 0 aliphatic carbocycles. The molecule has 0 aliphatic heterocycles. The third-order valence-corrected chi connectivity index (χ3v) is 5.57. The van der Waals surface area contributed by atoms with Gasteiger partial charge in [-0.15, -0.1) is 0 Å². The van der Waals surface area contributed by atoms with E-state index < -0.39 is 14.8 Å². The minimum Gasteiger partial charge on any atom is -0.212 e. The van der Waals surface area contributed by atoms with Gasteiger partial charge < -0.3 is 0 Å². The molecule has 0 aliphatic rings. The highest BCUT2D eigenvalue weighted by Crippen LogP contribution is 2.29. The molecule has 1 atom stereocenters. The number of hydrogen-bond acceptors (Lipinski definition) is 2. The summed E-state index contributed by atoms with van der Waals surface area (Å²) in [5.74, 6) is 0. The van der Waals surface area contributed by atoms with Gasteiger partial charge in [0.05, 0.1) is 4.75 Å². The number of hydrogen-bond donors (Lipinski definition) is 0. The molecule has 0 saturated heterocycles. The third-order valence-electron chi connectivity index (χ3n) is 2.95. The molecule has 0 fully saturated rings. The van der Waals surface area contributed by atoms with E-state index in [9.17, 15) is 8.42 Å². The van der Waals surface area contributed by atoms with Crippen molar-refractivity contribution in [1.29, 1.82) is 0 Å². The monoisotopic (exact) mass is 235 g/mol. The lowest BCUT2D eigenvalue weighted by molar-refractivity contribution is 0.213. The van der Waals surface area contributed by atoms with Crippen molar-refractivity contribution in [2.24, 2.45) is 5.41 Å². The van der Waals surface area contributed by atoms with E-state index in [1.807, 2.05) is 27.7 Å². The maximum Gasteiger partial charge on any atom is 0.219 e. The van der Waals surface area contributed by atoms with Crippen molar-refractivity contribution in [3.8, 4) is 0 Å². The standard InChI is InChI=1S/C11H25NO2S/c1-9(10(2,3)4)12(8)15(13,14)11(5,6)7/h9H,1-8H3/t9-/m1/s1. The Morgan fingerprint density at radius 2 is 1.33 bits per heavy atom. The summed E-state index contributed by atoms with van der Waals surface area (Å²) >= 11 is 0. The summed E-state index contributed by atoms with van der Waals surface area (Å²) < 4.78 is 25.1. The van der Waals surface area contributed by atoms with Crippen molar-refractivity contribution in [1.82, 2.24) is 4.31 Å². The predicted octanol–water partition coefficient (Wildman–Crippen LogP) is 2.48. The normalized spacial score (nSPS) is 16.9. The second-order valence-electron chi connectivity index (χ2n) is 6.18. The second kappa shape index (κ2) is 4.06. The highest BCUT2D eigenvalue weighted by molar-refractivity contribution is 7.90. The molecule has 0 radical (unpaired) electrons. The van der Waals surface area contributed by atoms with Crippen LogP contribution in [0.1, 0.15) is 48.5 Å². The molecular formula is C11H25NO2S. The molecule has 0 unspecified atom stereocenters. The van der Waals surface area contributed by atoms with E-state index in [1.54, 1.807) is 27.8 Å². The number of rotatable bonds is 2. The lowest BCUT2D eigenvalue weighted by Crippen LogP contribution is -2.49. The average Bonchev–Trinajstić information content (AvgIpc) is 1.97. The van der Waals surface area contributed by atoms with Crippen LogP contribution >= 0.6 is 0 Å². The van der Waals surface area contributed by atoms with Crippen LogP contribution in [0.15, 0.2) is 0 Å². The summed E-state index contributed by atoms with van der Waals surface area (Å²) in [5.41, 5.74) is -0.0485. The average molecular weight is 235 g/mol. The smallest absolute Gasteiger partial charge is 0.212 e. The summed E-state index contributed by atoms with van der Waals surface area (Å²) in [6.45, 7) is 13.3. The Morgan fingerprint density at radius 1 is 1.00 bits per heavy atom. The van der Waals surface area contributed by atoms with Gasteiger partial charge in [-0.1, -0.05) is 20.8 Å². The van der Waals surface area contributed by atoms with Gasteiger partial charge in [0.15, 0.2) is 0 Å². The van der Waals surface area contributed by atoms with Crippen LogP contribution in [-0.2, 0) is 10.0 Å². The van der Waals surface area contributed by atoms with E-state index in [0.717, 1.165) is 0 Å². The highest BCUT2D eigenvalue weighted by Gasteiger charge is 2.38. The second-order valence-corrected chi connectivity index (χ2v) is 8.93. The molecule has 0 aromatic rings. The van der Waals surface area contributed by atoms with Crippen LogP contribution in [0.25, 0.3) is 0 Å². The van der Waals surface area contributed by atoms with Crippen LogP contribution in [0.4, 0.5) is 0 Å². The molecule has 0 saturated carbocycles. The Morgan fingerprint density at radius 3 is 1.53 bits per heavy atom. The molecule has 0 aromatic heterocycles. The first-order valence-electron chi connectivity index (χ1n) is 5.29. The van der Waals surface area contributed by atoms with Crippen LogP contribution in [-0.4, -0.2) is 30.6 Å². The first kappa shape index (κ1) is 14.9. The van der Waals surface area contributed by atoms with E-state index in [4.69, 9.17) is 0 Å². The molecule has 4 heteroatoms. The summed E-state index contributed by atoms with van der Waals surface area (Å²) in [7, 11) is -1.56. The molecular weight excluding hydrogens is 210 g/mol. The molecule has 15 heavy (non-hydrogen) atoms. The van der Waals surface area contributed by atoms with E-state index in [0.29, 0.717) is 0 Å². The Labute approximate surface area is 94.9 Å². The zero-order valence-corrected chi connectivity index (χ0v) is 12.1. The largest absolute Gasteiger partial charge is 0.219 e. The first-order valence-corrected chi connectivity index (χ1v) is 6.73. The van der Waals surface area contributed by atoms with Crippen molar-refractivity contribution in [2.45, 2.75) is 59.3 Å². The number of sulfonamides is 1. The van der Waals surface area contributed by atoms with Crippen molar-refractivity contribution >= 4 is 10.0 Å². The Kier molecular flexibility index (Phi) is 4.03. The van der Waals surface area contributed by atoms with Gasteiger partial charge in [0, 0.05) is 13.1 Å². The first-order chi connectivity index (χ1) is 6.32. The van der Waals surface area contributed by atoms with E-state index >= 15 is 0 Å². The lowest BCUT2D eigenvalue weighted by atomic mass is 9.88. The van der Waals surface area contributed by atoms with Crippen LogP contribution in [0.2, 0.25) is 0 Å². The zero-order chi connectivity index (χ0) is 12.7. The van der Waals surface area contributed by atoms with Gasteiger partial charge in [-0.2, -0.15) is 0 Å². The summed E-state index contributed by atoms with van der Waals surface area (Å²) in [5, 5.41) is 0. The summed E-state index contributed by atoms with van der Waals surface area (Å²) in [6, 6.07) is -0.0123. The summed E-state index contributed by atoms with van der Waals surface area (Å²) in [6.07, 6.45) is 0. The molecule has 0 heterocycles. The van der Waals surface area contributed by atoms with E-state index in [1.165, 1.54) is 4.31 Å². The fraction of sp³-hybridized carbons (Fsp3) is 1.00. The molecule has 3 nitrogen and oxygen atoms in total. The van der Waals surface area contributed by atoms with Crippen LogP contribution < -0.4 is 0 Å². The molecule has 92 valence electrons. The fourth-order valence-electron chi connectivity index (χ4n) is 1.19. The summed E-state index contributed by atoms with van der Waals surface area (Å²) in [4.78, 5) is 0. The van der Waals surface area contributed by atoms with Gasteiger partial charge in [-0.3, -0.25) is 0 Å². The highest BCUT2D eigenvalue weighted by atomic mass is 32.2. The quantitative estimate of drug-likeness (QED) is 0.737. The van der Waals surface area contributed by atoms with Gasteiger partial charge >= 0.3 is 0 Å². The molecule has 0 spiro atoms. The van der Waals surface area contributed by atoms with Crippen LogP contribution in [0, 0.1) is 5.41 Å². The minimum atomic E-state index is -3.23. The lowest BCUT2D eigenvalue weighted by Gasteiger charge is -2.37. The predicted molar refractivity (Wildman–Crippen MR) is 65.4 cm³/mol. The van der Waals surface area contributed by atoms with Gasteiger partial charge in [-0.25, -0.2) is 12.7 Å². The molecule has 0 bridgehead atoms. The Hall–Kier alpha value is -0.0900. The molecule has 0 N–H and O–H groups in total. The van der Waals surface area contributed by atoms with Crippen LogP contribution in [0.3, 0.4) is 0 Å². The van der Waals surface area contributed by atoms with Gasteiger partial charge in [0.2, 0.25) is 10.0 Å². The minimum absolute atomic E-state index is 0.0123. The van der Waals surface area contributed by atoms with E-state index in [-0.39, 0.29) is 11.5 Å². The topological polar surface area (TPSA) is 37.4 Å². The van der Waals surface area contributed by atoms with Gasteiger partial charge in [0.25, 0.3) is 0 Å².